The summed E-state index contributed by atoms with van der Waals surface area (Å²) in [5.74, 6) is 6.50. The fourth-order valence-corrected chi connectivity index (χ4v) is 2.72. The maximum Gasteiger partial charge on any atom is 0.0606 e. The van der Waals surface area contributed by atoms with E-state index in [0.717, 1.165) is 31.2 Å². The van der Waals surface area contributed by atoms with E-state index < -0.39 is 0 Å². The zero-order valence-electron chi connectivity index (χ0n) is 11.3. The van der Waals surface area contributed by atoms with Crippen LogP contribution in [0, 0.1) is 11.8 Å². The van der Waals surface area contributed by atoms with E-state index in [4.69, 9.17) is 0 Å². The molecule has 2 heterocycles. The SMILES string of the molecule is C(#Cc1ccccc1)CN1CC(N2CCNCC2)C1. The number of rotatable bonds is 2. The van der Waals surface area contributed by atoms with Crippen LogP contribution in [0.25, 0.3) is 0 Å². The Morgan fingerprint density at radius 3 is 2.58 bits per heavy atom. The van der Waals surface area contributed by atoms with Crippen molar-refractivity contribution in [2.75, 3.05) is 45.8 Å². The van der Waals surface area contributed by atoms with Crippen LogP contribution in [0.1, 0.15) is 5.56 Å². The summed E-state index contributed by atoms with van der Waals surface area (Å²) in [6.07, 6.45) is 0. The van der Waals surface area contributed by atoms with Crippen LogP contribution in [-0.2, 0) is 0 Å². The molecule has 1 N–H and O–H groups in total. The van der Waals surface area contributed by atoms with E-state index in [9.17, 15) is 0 Å². The van der Waals surface area contributed by atoms with Crippen molar-refractivity contribution in [3.05, 3.63) is 35.9 Å². The van der Waals surface area contributed by atoms with E-state index in [0.29, 0.717) is 0 Å². The lowest BCUT2D eigenvalue weighted by Crippen LogP contribution is -2.62. The van der Waals surface area contributed by atoms with Crippen LogP contribution in [0.5, 0.6) is 0 Å². The average Bonchev–Trinajstić information content (AvgIpc) is 2.43. The van der Waals surface area contributed by atoms with Gasteiger partial charge in [-0.2, -0.15) is 0 Å². The topological polar surface area (TPSA) is 18.5 Å². The first kappa shape index (κ1) is 12.7. The highest BCUT2D eigenvalue weighted by Gasteiger charge is 2.31. The fraction of sp³-hybridized carbons (Fsp3) is 0.500. The largest absolute Gasteiger partial charge is 0.314 e. The molecule has 0 radical (unpaired) electrons. The van der Waals surface area contributed by atoms with Gasteiger partial charge in [0.05, 0.1) is 6.54 Å². The molecule has 0 spiro atoms. The Labute approximate surface area is 115 Å². The zero-order valence-corrected chi connectivity index (χ0v) is 11.3. The van der Waals surface area contributed by atoms with Crippen LogP contribution < -0.4 is 5.32 Å². The molecule has 1 aromatic rings. The molecule has 0 unspecified atom stereocenters. The van der Waals surface area contributed by atoms with Gasteiger partial charge in [-0.1, -0.05) is 30.0 Å². The summed E-state index contributed by atoms with van der Waals surface area (Å²) in [5, 5.41) is 3.40. The molecule has 1 aromatic carbocycles. The molecule has 100 valence electrons. The molecule has 0 aliphatic carbocycles. The molecule has 3 rings (SSSR count). The molecule has 0 saturated carbocycles. The van der Waals surface area contributed by atoms with Crippen molar-refractivity contribution in [2.24, 2.45) is 0 Å². The van der Waals surface area contributed by atoms with Gasteiger partial charge in [-0.15, -0.1) is 0 Å². The number of hydrogen-bond acceptors (Lipinski definition) is 3. The van der Waals surface area contributed by atoms with Crippen LogP contribution in [-0.4, -0.2) is 61.7 Å². The summed E-state index contributed by atoms with van der Waals surface area (Å²) in [6, 6.07) is 11.0. The normalized spacial score (nSPS) is 21.5. The second-order valence-electron chi connectivity index (χ2n) is 5.30. The molecule has 3 nitrogen and oxygen atoms in total. The van der Waals surface area contributed by atoms with Gasteiger partial charge in [0.15, 0.2) is 0 Å². The molecule has 19 heavy (non-hydrogen) atoms. The van der Waals surface area contributed by atoms with E-state index in [1.807, 2.05) is 18.2 Å². The molecular weight excluding hydrogens is 234 g/mol. The summed E-state index contributed by atoms with van der Waals surface area (Å²) in [6.45, 7) is 7.96. The lowest BCUT2D eigenvalue weighted by atomic mass is 10.1. The quantitative estimate of drug-likeness (QED) is 0.782. The smallest absolute Gasteiger partial charge is 0.0606 e. The van der Waals surface area contributed by atoms with Crippen molar-refractivity contribution in [2.45, 2.75) is 6.04 Å². The second-order valence-corrected chi connectivity index (χ2v) is 5.30. The van der Waals surface area contributed by atoms with Gasteiger partial charge in [0.1, 0.15) is 0 Å². The van der Waals surface area contributed by atoms with Crippen LogP contribution in [0.15, 0.2) is 30.3 Å². The molecule has 2 fully saturated rings. The first-order valence-electron chi connectivity index (χ1n) is 7.13. The highest BCUT2D eigenvalue weighted by Crippen LogP contribution is 2.14. The minimum atomic E-state index is 0.764. The van der Waals surface area contributed by atoms with Crippen molar-refractivity contribution in [3.63, 3.8) is 0 Å². The Hall–Kier alpha value is -1.34. The number of nitrogens with zero attached hydrogens (tertiary/aromatic N) is 2. The molecule has 2 saturated heterocycles. The van der Waals surface area contributed by atoms with Gasteiger partial charge < -0.3 is 5.32 Å². The van der Waals surface area contributed by atoms with E-state index in [2.05, 4.69) is 39.1 Å². The third kappa shape index (κ3) is 3.36. The summed E-state index contributed by atoms with van der Waals surface area (Å²) in [5.41, 5.74) is 1.11. The highest BCUT2D eigenvalue weighted by atomic mass is 15.3. The summed E-state index contributed by atoms with van der Waals surface area (Å²) >= 11 is 0. The fourth-order valence-electron chi connectivity index (χ4n) is 2.72. The minimum absolute atomic E-state index is 0.764. The Morgan fingerprint density at radius 1 is 1.11 bits per heavy atom. The molecule has 2 aliphatic heterocycles. The summed E-state index contributed by atoms with van der Waals surface area (Å²) in [7, 11) is 0. The molecular formula is C16H21N3. The van der Waals surface area contributed by atoms with Gasteiger partial charge in [-0.25, -0.2) is 0 Å². The number of likely N-dealkylation sites (tertiary alicyclic amines) is 1. The van der Waals surface area contributed by atoms with Gasteiger partial charge in [0.25, 0.3) is 0 Å². The van der Waals surface area contributed by atoms with Crippen LogP contribution in [0.4, 0.5) is 0 Å². The van der Waals surface area contributed by atoms with Crippen LogP contribution in [0.3, 0.4) is 0 Å². The van der Waals surface area contributed by atoms with Gasteiger partial charge >= 0.3 is 0 Å². The van der Waals surface area contributed by atoms with Crippen LogP contribution in [0.2, 0.25) is 0 Å². The average molecular weight is 255 g/mol. The van der Waals surface area contributed by atoms with E-state index in [1.165, 1.54) is 26.2 Å². The Balaban J connectivity index is 1.41. The predicted octanol–water partition coefficient (Wildman–Crippen LogP) is 0.627. The van der Waals surface area contributed by atoms with E-state index in [1.54, 1.807) is 0 Å². The van der Waals surface area contributed by atoms with E-state index >= 15 is 0 Å². The summed E-state index contributed by atoms with van der Waals surface area (Å²) in [4.78, 5) is 5.04. The van der Waals surface area contributed by atoms with Crippen molar-refractivity contribution in [1.82, 2.24) is 15.1 Å². The van der Waals surface area contributed by atoms with Gasteiger partial charge in [-0.3, -0.25) is 9.80 Å². The van der Waals surface area contributed by atoms with Crippen molar-refractivity contribution < 1.29 is 0 Å². The molecule has 2 aliphatic rings. The zero-order chi connectivity index (χ0) is 12.9. The van der Waals surface area contributed by atoms with Crippen molar-refractivity contribution >= 4 is 0 Å². The Kier molecular flexibility index (Phi) is 4.14. The first-order chi connectivity index (χ1) is 9.42. The second kappa shape index (κ2) is 6.21. The molecule has 0 bridgehead atoms. The maximum atomic E-state index is 3.40. The standard InChI is InChI=1S/C16H21N3/c1-2-5-15(6-3-1)7-4-10-18-13-16(14-18)19-11-8-17-9-12-19/h1-3,5-6,16-17H,8-14H2. The van der Waals surface area contributed by atoms with Crippen LogP contribution >= 0.6 is 0 Å². The van der Waals surface area contributed by atoms with Gasteiger partial charge in [-0.05, 0) is 12.1 Å². The Bertz CT molecular complexity index is 448. The van der Waals surface area contributed by atoms with Crippen molar-refractivity contribution in [1.29, 1.82) is 0 Å². The monoisotopic (exact) mass is 255 g/mol. The summed E-state index contributed by atoms with van der Waals surface area (Å²) < 4.78 is 0. The predicted molar refractivity (Wildman–Crippen MR) is 78.0 cm³/mol. The molecule has 0 amide bonds. The minimum Gasteiger partial charge on any atom is -0.314 e. The number of hydrogen-bond donors (Lipinski definition) is 1. The Morgan fingerprint density at radius 2 is 1.84 bits per heavy atom. The third-order valence-electron chi connectivity index (χ3n) is 3.92. The van der Waals surface area contributed by atoms with Gasteiger partial charge in [0, 0.05) is 50.9 Å². The number of benzene rings is 1. The number of nitrogens with one attached hydrogen (secondary N) is 1. The lowest BCUT2D eigenvalue weighted by Gasteiger charge is -2.46. The van der Waals surface area contributed by atoms with Crippen molar-refractivity contribution in [3.8, 4) is 11.8 Å². The maximum absolute atomic E-state index is 3.40. The first-order valence-corrected chi connectivity index (χ1v) is 7.13. The molecule has 0 aromatic heterocycles. The molecule has 0 atom stereocenters. The van der Waals surface area contributed by atoms with E-state index in [-0.39, 0.29) is 0 Å². The lowest BCUT2D eigenvalue weighted by molar-refractivity contribution is 0.0363. The van der Waals surface area contributed by atoms with Gasteiger partial charge in [0.2, 0.25) is 0 Å². The number of piperazine rings is 1. The highest BCUT2D eigenvalue weighted by molar-refractivity contribution is 5.33. The molecule has 3 heteroatoms. The third-order valence-corrected chi connectivity index (χ3v) is 3.92.